The van der Waals surface area contributed by atoms with Crippen molar-refractivity contribution in [3.8, 4) is 0 Å². The topological polar surface area (TPSA) is 37.0 Å². The number of piperidine rings is 2. The fourth-order valence-corrected chi connectivity index (χ4v) is 2.70. The lowest BCUT2D eigenvalue weighted by Crippen LogP contribution is -2.28. The second-order valence-corrected chi connectivity index (χ2v) is 5.53. The van der Waals surface area contributed by atoms with Crippen LogP contribution in [-0.4, -0.2) is 31.2 Å². The van der Waals surface area contributed by atoms with Crippen LogP contribution in [0.15, 0.2) is 24.4 Å². The first-order valence-electron chi connectivity index (χ1n) is 7.76. The number of hydrogen-bond donors (Lipinski definition) is 2. The summed E-state index contributed by atoms with van der Waals surface area (Å²) in [4.78, 5) is 4.35. The minimum Gasteiger partial charge on any atom is -0.317 e. The predicted molar refractivity (Wildman–Crippen MR) is 80.3 cm³/mol. The highest BCUT2D eigenvalue weighted by Crippen LogP contribution is 2.16. The maximum absolute atomic E-state index is 4.35. The fourth-order valence-electron chi connectivity index (χ4n) is 2.70. The van der Waals surface area contributed by atoms with Gasteiger partial charge in [0.2, 0.25) is 0 Å². The van der Waals surface area contributed by atoms with Gasteiger partial charge in [-0.2, -0.15) is 0 Å². The largest absolute Gasteiger partial charge is 0.317 e. The molecule has 0 amide bonds. The van der Waals surface area contributed by atoms with E-state index in [2.05, 4.69) is 27.8 Å². The van der Waals surface area contributed by atoms with Crippen molar-refractivity contribution in [3.63, 3.8) is 0 Å². The lowest BCUT2D eigenvalue weighted by atomic mass is 9.93. The third kappa shape index (κ3) is 6.17. The van der Waals surface area contributed by atoms with E-state index in [1.165, 1.54) is 64.0 Å². The van der Waals surface area contributed by atoms with E-state index in [9.17, 15) is 0 Å². The van der Waals surface area contributed by atoms with Gasteiger partial charge >= 0.3 is 0 Å². The molecule has 0 saturated carbocycles. The van der Waals surface area contributed by atoms with Crippen LogP contribution in [0.3, 0.4) is 0 Å². The van der Waals surface area contributed by atoms with Crippen LogP contribution >= 0.6 is 0 Å². The molecule has 3 heterocycles. The first kappa shape index (κ1) is 14.5. The molecule has 2 saturated heterocycles. The Labute approximate surface area is 117 Å². The lowest BCUT2D eigenvalue weighted by Gasteiger charge is -2.21. The zero-order valence-corrected chi connectivity index (χ0v) is 11.9. The van der Waals surface area contributed by atoms with Crippen LogP contribution in [0.25, 0.3) is 0 Å². The Morgan fingerprint density at radius 1 is 0.947 bits per heavy atom. The normalized spacial score (nSPS) is 20.4. The number of nitrogens with one attached hydrogen (secondary N) is 2. The second kappa shape index (κ2) is 9.05. The van der Waals surface area contributed by atoms with Gasteiger partial charge in [0.15, 0.2) is 0 Å². The summed E-state index contributed by atoms with van der Waals surface area (Å²) in [6, 6.07) is 6.18. The summed E-state index contributed by atoms with van der Waals surface area (Å²) in [5.74, 6) is 0.844. The Bertz CT molecular complexity index is 305. The molecule has 3 rings (SSSR count). The fraction of sp³-hybridized carbons (Fsp3) is 0.688. The minimum absolute atomic E-state index is 0.844. The number of pyridine rings is 1. The summed E-state index contributed by atoms with van der Waals surface area (Å²) in [5, 5.41) is 6.66. The van der Waals surface area contributed by atoms with Crippen molar-refractivity contribution in [1.82, 2.24) is 15.6 Å². The predicted octanol–water partition coefficient (Wildman–Crippen LogP) is 2.38. The van der Waals surface area contributed by atoms with Gasteiger partial charge in [0.25, 0.3) is 0 Å². The van der Waals surface area contributed by atoms with Crippen LogP contribution in [0, 0.1) is 5.92 Å². The molecule has 1 aromatic heterocycles. The molecule has 0 bridgehead atoms. The Kier molecular flexibility index (Phi) is 6.90. The first-order chi connectivity index (χ1) is 9.45. The maximum Gasteiger partial charge on any atom is 0.0406 e. The van der Waals surface area contributed by atoms with Gasteiger partial charge in [-0.3, -0.25) is 4.98 Å². The molecular weight excluding hydrogens is 234 g/mol. The molecule has 0 atom stereocenters. The van der Waals surface area contributed by atoms with Crippen LogP contribution in [0.2, 0.25) is 0 Å². The number of hydrogen-bond acceptors (Lipinski definition) is 3. The molecule has 3 heteroatoms. The monoisotopic (exact) mass is 261 g/mol. The lowest BCUT2D eigenvalue weighted by molar-refractivity contribution is 0.370. The molecule has 106 valence electrons. The van der Waals surface area contributed by atoms with Crippen molar-refractivity contribution >= 4 is 0 Å². The van der Waals surface area contributed by atoms with Crippen molar-refractivity contribution in [3.05, 3.63) is 30.1 Å². The Balaban J connectivity index is 0.000000186. The number of rotatable bonds is 2. The summed E-state index contributed by atoms with van der Waals surface area (Å²) in [7, 11) is 0. The van der Waals surface area contributed by atoms with E-state index in [-0.39, 0.29) is 0 Å². The molecule has 2 aliphatic rings. The van der Waals surface area contributed by atoms with Crippen molar-refractivity contribution in [2.24, 2.45) is 5.92 Å². The molecule has 2 fully saturated rings. The van der Waals surface area contributed by atoms with Crippen LogP contribution in [0.4, 0.5) is 0 Å². The van der Waals surface area contributed by atoms with Crippen LogP contribution in [0.1, 0.15) is 37.8 Å². The smallest absolute Gasteiger partial charge is 0.0406 e. The molecule has 0 spiro atoms. The zero-order chi connectivity index (χ0) is 13.2. The van der Waals surface area contributed by atoms with Gasteiger partial charge in [-0.1, -0.05) is 12.5 Å². The molecule has 1 aromatic rings. The molecular formula is C16H27N3. The molecule has 3 nitrogen and oxygen atoms in total. The highest BCUT2D eigenvalue weighted by atomic mass is 14.9. The molecule has 0 aromatic carbocycles. The molecule has 2 aliphatic heterocycles. The average molecular weight is 261 g/mol. The second-order valence-electron chi connectivity index (χ2n) is 5.53. The third-order valence-electron chi connectivity index (χ3n) is 3.89. The van der Waals surface area contributed by atoms with E-state index in [0.29, 0.717) is 0 Å². The van der Waals surface area contributed by atoms with Gasteiger partial charge in [0, 0.05) is 11.9 Å². The van der Waals surface area contributed by atoms with E-state index in [0.717, 1.165) is 12.3 Å². The van der Waals surface area contributed by atoms with Crippen LogP contribution in [0.5, 0.6) is 0 Å². The van der Waals surface area contributed by atoms with E-state index in [4.69, 9.17) is 0 Å². The van der Waals surface area contributed by atoms with Crippen molar-refractivity contribution in [1.29, 1.82) is 0 Å². The van der Waals surface area contributed by atoms with Gasteiger partial charge in [-0.05, 0) is 76.3 Å². The van der Waals surface area contributed by atoms with Crippen molar-refractivity contribution < 1.29 is 0 Å². The Morgan fingerprint density at radius 2 is 1.68 bits per heavy atom. The molecule has 2 N–H and O–H groups in total. The molecule has 0 radical (unpaired) electrons. The van der Waals surface area contributed by atoms with E-state index in [1.807, 2.05) is 12.3 Å². The van der Waals surface area contributed by atoms with Gasteiger partial charge in [0.05, 0.1) is 0 Å². The van der Waals surface area contributed by atoms with Gasteiger partial charge in [0.1, 0.15) is 0 Å². The van der Waals surface area contributed by atoms with Crippen molar-refractivity contribution in [2.45, 2.75) is 38.5 Å². The van der Waals surface area contributed by atoms with E-state index < -0.39 is 0 Å². The SMILES string of the molecule is C1CCNCC1.c1ccc(CC2CCNCC2)nc1. The standard InChI is InChI=1S/C11H16N2.C5H11N/c1-2-6-13-11(3-1)9-10-4-7-12-8-5-10;1-2-4-6-5-3-1/h1-3,6,10,12H,4-5,7-9H2;6H,1-5H2. The minimum atomic E-state index is 0.844. The van der Waals surface area contributed by atoms with Gasteiger partial charge in [-0.25, -0.2) is 0 Å². The van der Waals surface area contributed by atoms with E-state index in [1.54, 1.807) is 0 Å². The van der Waals surface area contributed by atoms with Crippen LogP contribution in [-0.2, 0) is 6.42 Å². The highest BCUT2D eigenvalue weighted by molar-refractivity contribution is 5.04. The third-order valence-corrected chi connectivity index (χ3v) is 3.89. The quantitative estimate of drug-likeness (QED) is 0.858. The van der Waals surface area contributed by atoms with E-state index >= 15 is 0 Å². The summed E-state index contributed by atoms with van der Waals surface area (Å²) < 4.78 is 0. The molecule has 0 aliphatic carbocycles. The zero-order valence-electron chi connectivity index (χ0n) is 11.9. The van der Waals surface area contributed by atoms with Crippen molar-refractivity contribution in [2.75, 3.05) is 26.2 Å². The molecule has 0 unspecified atom stereocenters. The number of nitrogens with zero attached hydrogens (tertiary/aromatic N) is 1. The summed E-state index contributed by atoms with van der Waals surface area (Å²) in [6.45, 7) is 4.86. The maximum atomic E-state index is 4.35. The molecule has 19 heavy (non-hydrogen) atoms. The summed E-state index contributed by atoms with van der Waals surface area (Å²) >= 11 is 0. The Hall–Kier alpha value is -0.930. The summed E-state index contributed by atoms with van der Waals surface area (Å²) in [5.41, 5.74) is 1.24. The van der Waals surface area contributed by atoms with Gasteiger partial charge in [-0.15, -0.1) is 0 Å². The average Bonchev–Trinajstić information content (AvgIpc) is 2.52. The number of aromatic nitrogens is 1. The van der Waals surface area contributed by atoms with Crippen LogP contribution < -0.4 is 10.6 Å². The summed E-state index contributed by atoms with van der Waals surface area (Å²) in [6.07, 6.45) is 9.86. The van der Waals surface area contributed by atoms with Gasteiger partial charge < -0.3 is 10.6 Å². The first-order valence-corrected chi connectivity index (χ1v) is 7.76. The highest BCUT2D eigenvalue weighted by Gasteiger charge is 2.13. The Morgan fingerprint density at radius 3 is 2.21 bits per heavy atom.